The van der Waals surface area contributed by atoms with Crippen LogP contribution in [-0.2, 0) is 6.54 Å². The van der Waals surface area contributed by atoms with Crippen LogP contribution >= 0.6 is 15.9 Å². The number of unbranched alkanes of at least 4 members (excludes halogenated alkanes) is 1. The fourth-order valence-electron chi connectivity index (χ4n) is 1.49. The molecule has 0 amide bonds. The van der Waals surface area contributed by atoms with E-state index in [1.807, 2.05) is 0 Å². The van der Waals surface area contributed by atoms with E-state index in [4.69, 9.17) is 5.73 Å². The van der Waals surface area contributed by atoms with E-state index >= 15 is 0 Å². The summed E-state index contributed by atoms with van der Waals surface area (Å²) in [4.78, 5) is 10.5. The molecule has 1 rings (SSSR count). The van der Waals surface area contributed by atoms with Gasteiger partial charge in [-0.1, -0.05) is 15.9 Å². The lowest BCUT2D eigenvalue weighted by Gasteiger charge is -2.05. The molecule has 0 aliphatic carbocycles. The SMILES string of the molecule is NCCCCNCc1cc(Br)ccc1[N+](=O)[O-]. The Morgan fingerprint density at radius 1 is 1.41 bits per heavy atom. The molecule has 1 aromatic carbocycles. The van der Waals surface area contributed by atoms with Crippen LogP contribution in [0, 0.1) is 10.1 Å². The van der Waals surface area contributed by atoms with Crippen molar-refractivity contribution in [3.63, 3.8) is 0 Å². The van der Waals surface area contributed by atoms with Gasteiger partial charge in [-0.05, 0) is 38.1 Å². The number of nitrogens with two attached hydrogens (primary N) is 1. The molecule has 0 saturated heterocycles. The second-order valence-electron chi connectivity index (χ2n) is 3.70. The van der Waals surface area contributed by atoms with E-state index in [2.05, 4.69) is 21.2 Å². The van der Waals surface area contributed by atoms with Crippen LogP contribution in [0.4, 0.5) is 5.69 Å². The van der Waals surface area contributed by atoms with Crippen molar-refractivity contribution in [3.8, 4) is 0 Å². The first-order valence-electron chi connectivity index (χ1n) is 5.48. The largest absolute Gasteiger partial charge is 0.330 e. The summed E-state index contributed by atoms with van der Waals surface area (Å²) in [6, 6.07) is 4.96. The molecule has 0 aliphatic rings. The maximum atomic E-state index is 10.8. The predicted octanol–water partition coefficient (Wildman–Crippen LogP) is 2.19. The number of nitro benzene ring substituents is 1. The third kappa shape index (κ3) is 4.80. The van der Waals surface area contributed by atoms with Crippen molar-refractivity contribution in [2.75, 3.05) is 13.1 Å². The van der Waals surface area contributed by atoms with E-state index in [-0.39, 0.29) is 10.6 Å². The second-order valence-corrected chi connectivity index (χ2v) is 4.62. The topological polar surface area (TPSA) is 81.2 Å². The number of nitrogens with zero attached hydrogens (tertiary/aromatic N) is 1. The summed E-state index contributed by atoms with van der Waals surface area (Å²) in [5.41, 5.74) is 6.23. The Hall–Kier alpha value is -0.980. The number of nitro groups is 1. The molecule has 1 aromatic rings. The van der Waals surface area contributed by atoms with E-state index < -0.39 is 0 Å². The highest BCUT2D eigenvalue weighted by Crippen LogP contribution is 2.22. The minimum absolute atomic E-state index is 0.152. The molecular weight excluding hydrogens is 286 g/mol. The van der Waals surface area contributed by atoms with Crippen LogP contribution in [0.15, 0.2) is 22.7 Å². The zero-order valence-electron chi connectivity index (χ0n) is 9.49. The lowest BCUT2D eigenvalue weighted by molar-refractivity contribution is -0.385. The molecule has 0 saturated carbocycles. The van der Waals surface area contributed by atoms with E-state index in [1.54, 1.807) is 12.1 Å². The molecule has 3 N–H and O–H groups in total. The number of nitrogens with one attached hydrogen (secondary N) is 1. The Balaban J connectivity index is 2.56. The zero-order chi connectivity index (χ0) is 12.7. The van der Waals surface area contributed by atoms with Gasteiger partial charge in [0, 0.05) is 22.6 Å². The molecule has 0 bridgehead atoms. The highest BCUT2D eigenvalue weighted by atomic mass is 79.9. The van der Waals surface area contributed by atoms with E-state index in [1.165, 1.54) is 6.07 Å². The molecule has 0 aliphatic heterocycles. The van der Waals surface area contributed by atoms with Gasteiger partial charge in [-0.3, -0.25) is 10.1 Å². The van der Waals surface area contributed by atoms with Gasteiger partial charge in [0.05, 0.1) is 4.92 Å². The molecule has 0 aromatic heterocycles. The van der Waals surface area contributed by atoms with Crippen molar-refractivity contribution in [2.45, 2.75) is 19.4 Å². The Kier molecular flexibility index (Phi) is 6.10. The fraction of sp³-hybridized carbons (Fsp3) is 0.455. The fourth-order valence-corrected chi connectivity index (χ4v) is 1.90. The number of hydrogen-bond acceptors (Lipinski definition) is 4. The summed E-state index contributed by atoms with van der Waals surface area (Å²) in [6.45, 7) is 2.00. The normalized spacial score (nSPS) is 10.5. The Bertz CT molecular complexity index is 385. The zero-order valence-corrected chi connectivity index (χ0v) is 11.1. The summed E-state index contributed by atoms with van der Waals surface area (Å²) < 4.78 is 0.849. The first-order chi connectivity index (χ1) is 8.15. The molecule has 0 unspecified atom stereocenters. The van der Waals surface area contributed by atoms with E-state index in [9.17, 15) is 10.1 Å². The molecule has 0 heterocycles. The van der Waals surface area contributed by atoms with Gasteiger partial charge in [-0.25, -0.2) is 0 Å². The van der Waals surface area contributed by atoms with Crippen molar-refractivity contribution in [1.82, 2.24) is 5.32 Å². The van der Waals surface area contributed by atoms with Gasteiger partial charge in [0.2, 0.25) is 0 Å². The minimum Gasteiger partial charge on any atom is -0.330 e. The van der Waals surface area contributed by atoms with Crippen LogP contribution in [0.1, 0.15) is 18.4 Å². The molecule has 0 fully saturated rings. The lowest BCUT2D eigenvalue weighted by Crippen LogP contribution is -2.16. The van der Waals surface area contributed by atoms with Crippen LogP contribution in [0.5, 0.6) is 0 Å². The number of rotatable bonds is 7. The van der Waals surface area contributed by atoms with Crippen LogP contribution in [0.3, 0.4) is 0 Å². The highest BCUT2D eigenvalue weighted by Gasteiger charge is 2.12. The van der Waals surface area contributed by atoms with Gasteiger partial charge in [-0.2, -0.15) is 0 Å². The quantitative estimate of drug-likeness (QED) is 0.459. The Morgan fingerprint density at radius 3 is 2.82 bits per heavy atom. The Morgan fingerprint density at radius 2 is 2.18 bits per heavy atom. The maximum absolute atomic E-state index is 10.8. The van der Waals surface area contributed by atoms with Crippen molar-refractivity contribution in [3.05, 3.63) is 38.3 Å². The molecule has 0 radical (unpaired) electrons. The van der Waals surface area contributed by atoms with Crippen LogP contribution in [0.2, 0.25) is 0 Å². The van der Waals surface area contributed by atoms with Crippen molar-refractivity contribution in [2.24, 2.45) is 5.73 Å². The van der Waals surface area contributed by atoms with Gasteiger partial charge >= 0.3 is 0 Å². The minimum atomic E-state index is -0.358. The van der Waals surface area contributed by atoms with Gasteiger partial charge in [0.25, 0.3) is 5.69 Å². The first kappa shape index (κ1) is 14.1. The van der Waals surface area contributed by atoms with Gasteiger partial charge in [0.1, 0.15) is 0 Å². The number of hydrogen-bond donors (Lipinski definition) is 2. The van der Waals surface area contributed by atoms with Crippen molar-refractivity contribution in [1.29, 1.82) is 0 Å². The van der Waals surface area contributed by atoms with Gasteiger partial charge in [-0.15, -0.1) is 0 Å². The molecule has 0 spiro atoms. The number of benzene rings is 1. The lowest BCUT2D eigenvalue weighted by atomic mass is 10.2. The summed E-state index contributed by atoms with van der Waals surface area (Å²) in [7, 11) is 0. The smallest absolute Gasteiger partial charge is 0.273 e. The second kappa shape index (κ2) is 7.37. The molecule has 94 valence electrons. The summed E-state index contributed by atoms with van der Waals surface area (Å²) in [5, 5.41) is 14.0. The van der Waals surface area contributed by atoms with Gasteiger partial charge in [0.15, 0.2) is 0 Å². The monoisotopic (exact) mass is 301 g/mol. The van der Waals surface area contributed by atoms with Crippen LogP contribution < -0.4 is 11.1 Å². The number of halogens is 1. The van der Waals surface area contributed by atoms with Crippen molar-refractivity contribution >= 4 is 21.6 Å². The average Bonchev–Trinajstić information content (AvgIpc) is 2.28. The molecule has 17 heavy (non-hydrogen) atoms. The molecule has 6 heteroatoms. The summed E-state index contributed by atoms with van der Waals surface area (Å²) >= 11 is 3.31. The van der Waals surface area contributed by atoms with Crippen molar-refractivity contribution < 1.29 is 4.92 Å². The third-order valence-electron chi connectivity index (χ3n) is 2.36. The standard InChI is InChI=1S/C11H16BrN3O2/c12-10-3-4-11(15(16)17)9(7-10)8-14-6-2-1-5-13/h3-4,7,14H,1-2,5-6,8,13H2. The Labute approximate surface area is 109 Å². The molecule has 0 atom stereocenters. The summed E-state index contributed by atoms with van der Waals surface area (Å²) in [6.07, 6.45) is 1.95. The average molecular weight is 302 g/mol. The van der Waals surface area contributed by atoms with Gasteiger partial charge < -0.3 is 11.1 Å². The maximum Gasteiger partial charge on any atom is 0.273 e. The van der Waals surface area contributed by atoms with Crippen LogP contribution in [0.25, 0.3) is 0 Å². The highest BCUT2D eigenvalue weighted by molar-refractivity contribution is 9.10. The molecular formula is C11H16BrN3O2. The van der Waals surface area contributed by atoms with Crippen LogP contribution in [-0.4, -0.2) is 18.0 Å². The third-order valence-corrected chi connectivity index (χ3v) is 2.85. The predicted molar refractivity (Wildman–Crippen MR) is 70.8 cm³/mol. The van der Waals surface area contributed by atoms with E-state index in [0.29, 0.717) is 18.7 Å². The summed E-state index contributed by atoms with van der Waals surface area (Å²) in [5.74, 6) is 0. The first-order valence-corrected chi connectivity index (χ1v) is 6.28. The molecule has 5 nitrogen and oxygen atoms in total. The van der Waals surface area contributed by atoms with E-state index in [0.717, 1.165) is 23.9 Å².